The van der Waals surface area contributed by atoms with E-state index in [2.05, 4.69) is 37.9 Å². The van der Waals surface area contributed by atoms with Gasteiger partial charge in [-0.3, -0.25) is 14.4 Å². The number of hydrogen-bond donors (Lipinski definition) is 1. The summed E-state index contributed by atoms with van der Waals surface area (Å²) in [6.07, 6.45) is 2.38. The Bertz CT molecular complexity index is 1370. The Labute approximate surface area is 231 Å². The van der Waals surface area contributed by atoms with Crippen molar-refractivity contribution in [2.45, 2.75) is 66.2 Å². The predicted molar refractivity (Wildman–Crippen MR) is 152 cm³/mol. The molecular formula is C33H38N2O4. The highest BCUT2D eigenvalue weighted by molar-refractivity contribution is 6.07. The van der Waals surface area contributed by atoms with Gasteiger partial charge in [-0.2, -0.15) is 0 Å². The van der Waals surface area contributed by atoms with Crippen LogP contribution in [0.1, 0.15) is 70.4 Å². The first kappa shape index (κ1) is 26.9. The fourth-order valence-electron chi connectivity index (χ4n) is 6.39. The van der Waals surface area contributed by atoms with E-state index < -0.39 is 5.92 Å². The Morgan fingerprint density at radius 2 is 1.49 bits per heavy atom. The minimum atomic E-state index is -0.505. The molecule has 0 unspecified atom stereocenters. The van der Waals surface area contributed by atoms with Gasteiger partial charge in [0.15, 0.2) is 18.2 Å². The van der Waals surface area contributed by atoms with Crippen molar-refractivity contribution in [3.63, 3.8) is 0 Å². The molecule has 1 heterocycles. The van der Waals surface area contributed by atoms with E-state index in [1.807, 2.05) is 62.5 Å². The van der Waals surface area contributed by atoms with Crippen molar-refractivity contribution in [1.29, 1.82) is 0 Å². The van der Waals surface area contributed by atoms with E-state index in [4.69, 9.17) is 4.74 Å². The molecule has 1 N–H and O–H groups in total. The average Bonchev–Trinajstić information content (AvgIpc) is 2.83. The molecule has 39 heavy (non-hydrogen) atoms. The lowest BCUT2D eigenvalue weighted by Crippen LogP contribution is -2.43. The molecule has 0 fully saturated rings. The molecule has 1 aliphatic heterocycles. The van der Waals surface area contributed by atoms with Gasteiger partial charge >= 0.3 is 0 Å². The summed E-state index contributed by atoms with van der Waals surface area (Å²) >= 11 is 0. The largest absolute Gasteiger partial charge is 0.483 e. The summed E-state index contributed by atoms with van der Waals surface area (Å²) in [5.74, 6) is -0.108. The molecule has 2 aliphatic carbocycles. The van der Waals surface area contributed by atoms with Gasteiger partial charge in [-0.25, -0.2) is 0 Å². The second-order valence-corrected chi connectivity index (χ2v) is 12.8. The molecule has 0 aromatic heterocycles. The van der Waals surface area contributed by atoms with Crippen molar-refractivity contribution >= 4 is 23.2 Å². The Hall–Kier alpha value is -3.67. The van der Waals surface area contributed by atoms with E-state index in [-0.39, 0.29) is 34.9 Å². The monoisotopic (exact) mass is 526 g/mol. The van der Waals surface area contributed by atoms with Crippen molar-refractivity contribution in [2.75, 3.05) is 19.0 Å². The Morgan fingerprint density at radius 3 is 2.08 bits per heavy atom. The van der Waals surface area contributed by atoms with Gasteiger partial charge in [-0.15, -0.1) is 0 Å². The number of carbonyl (C=O) groups is 3. The van der Waals surface area contributed by atoms with E-state index in [0.29, 0.717) is 35.4 Å². The number of Topliss-reactive ketones (excluding diaryl/α,β-unsaturated/α-hetero) is 2. The van der Waals surface area contributed by atoms with Crippen LogP contribution in [0.15, 0.2) is 71.1 Å². The van der Waals surface area contributed by atoms with Gasteiger partial charge in [0.2, 0.25) is 0 Å². The standard InChI is InChI=1S/C33H38N2O4/c1-20-10-9-11-21(14-20)34-28(38)19-39-27-13-8-7-12-22(27)29-30-23(15-32(2,3)17-25(30)36)35(6)24-16-33(4,5)18-26(37)31(24)29/h7-14,29H,15-19H2,1-6H3,(H,34,38). The van der Waals surface area contributed by atoms with Crippen molar-refractivity contribution in [3.05, 3.63) is 82.2 Å². The maximum atomic E-state index is 13.8. The molecule has 0 spiro atoms. The highest BCUT2D eigenvalue weighted by atomic mass is 16.5. The van der Waals surface area contributed by atoms with E-state index in [9.17, 15) is 14.4 Å². The number of anilines is 1. The number of allylic oxidation sites excluding steroid dienone is 4. The molecule has 2 aromatic rings. The van der Waals surface area contributed by atoms with Crippen LogP contribution < -0.4 is 10.1 Å². The third kappa shape index (κ3) is 5.29. The molecule has 0 saturated heterocycles. The van der Waals surface area contributed by atoms with Crippen LogP contribution in [-0.4, -0.2) is 36.0 Å². The van der Waals surface area contributed by atoms with Gasteiger partial charge in [0, 0.05) is 59.6 Å². The van der Waals surface area contributed by atoms with E-state index in [1.165, 1.54) is 0 Å². The fourth-order valence-corrected chi connectivity index (χ4v) is 6.39. The quantitative estimate of drug-likeness (QED) is 0.493. The van der Waals surface area contributed by atoms with Gasteiger partial charge < -0.3 is 15.0 Å². The first-order chi connectivity index (χ1) is 18.3. The molecule has 5 rings (SSSR count). The van der Waals surface area contributed by atoms with E-state index in [0.717, 1.165) is 35.4 Å². The Balaban J connectivity index is 1.54. The number of nitrogens with one attached hydrogen (secondary N) is 1. The van der Waals surface area contributed by atoms with Crippen LogP contribution in [-0.2, 0) is 14.4 Å². The molecule has 6 heteroatoms. The number of benzene rings is 2. The maximum Gasteiger partial charge on any atom is 0.262 e. The molecular weight excluding hydrogens is 488 g/mol. The third-order valence-electron chi connectivity index (χ3n) is 8.07. The van der Waals surface area contributed by atoms with Crippen molar-refractivity contribution < 1.29 is 19.1 Å². The van der Waals surface area contributed by atoms with Crippen molar-refractivity contribution in [1.82, 2.24) is 4.90 Å². The van der Waals surface area contributed by atoms with Crippen LogP contribution in [0.2, 0.25) is 0 Å². The number of ketones is 2. The zero-order valence-corrected chi connectivity index (χ0v) is 23.8. The smallest absolute Gasteiger partial charge is 0.262 e. The molecule has 3 aliphatic rings. The SMILES string of the molecule is Cc1cccc(NC(=O)COc2ccccc2C2C3=C(CC(C)(C)CC3=O)N(C)C3=C2C(=O)CC(C)(C)C3)c1. The zero-order valence-electron chi connectivity index (χ0n) is 23.8. The number of amides is 1. The van der Waals surface area contributed by atoms with Crippen molar-refractivity contribution in [3.8, 4) is 5.75 Å². The van der Waals surface area contributed by atoms with Crippen LogP contribution in [0.25, 0.3) is 0 Å². The summed E-state index contributed by atoms with van der Waals surface area (Å²) < 4.78 is 6.10. The Kier molecular flexibility index (Phi) is 6.78. The van der Waals surface area contributed by atoms with E-state index in [1.54, 1.807) is 0 Å². The van der Waals surface area contributed by atoms with Gasteiger partial charge in [-0.1, -0.05) is 58.0 Å². The lowest BCUT2D eigenvalue weighted by atomic mass is 9.63. The first-order valence-corrected chi connectivity index (χ1v) is 13.7. The number of ether oxygens (including phenoxy) is 1. The maximum absolute atomic E-state index is 13.8. The van der Waals surface area contributed by atoms with Gasteiger partial charge in [-0.05, 0) is 54.4 Å². The number of hydrogen-bond acceptors (Lipinski definition) is 5. The van der Waals surface area contributed by atoms with Gasteiger partial charge in [0.1, 0.15) is 5.75 Å². The number of para-hydroxylation sites is 1. The van der Waals surface area contributed by atoms with E-state index >= 15 is 0 Å². The normalized spacial score (nSPS) is 20.5. The molecule has 1 amide bonds. The predicted octanol–water partition coefficient (Wildman–Crippen LogP) is 6.33. The van der Waals surface area contributed by atoms with Crippen molar-refractivity contribution in [2.24, 2.45) is 10.8 Å². The minimum Gasteiger partial charge on any atom is -0.483 e. The van der Waals surface area contributed by atoms with Crippen LogP contribution >= 0.6 is 0 Å². The number of aryl methyl sites for hydroxylation is 1. The zero-order chi connectivity index (χ0) is 28.1. The first-order valence-electron chi connectivity index (χ1n) is 13.7. The third-order valence-corrected chi connectivity index (χ3v) is 8.07. The second-order valence-electron chi connectivity index (χ2n) is 12.8. The lowest BCUT2D eigenvalue weighted by molar-refractivity contribution is -0.120. The van der Waals surface area contributed by atoms with Crippen LogP contribution in [0.3, 0.4) is 0 Å². The summed E-state index contributed by atoms with van der Waals surface area (Å²) in [7, 11) is 2.00. The second kappa shape index (κ2) is 9.82. The molecule has 0 bridgehead atoms. The fraction of sp³-hybridized carbons (Fsp3) is 0.424. The van der Waals surface area contributed by atoms with Crippen LogP contribution in [0.5, 0.6) is 5.75 Å². The highest BCUT2D eigenvalue weighted by Gasteiger charge is 2.48. The van der Waals surface area contributed by atoms with Gasteiger partial charge in [0.05, 0.1) is 0 Å². The topological polar surface area (TPSA) is 75.7 Å². The average molecular weight is 527 g/mol. The number of rotatable bonds is 5. The summed E-state index contributed by atoms with van der Waals surface area (Å²) in [6, 6.07) is 15.1. The summed E-state index contributed by atoms with van der Waals surface area (Å²) in [5.41, 5.74) is 5.59. The van der Waals surface area contributed by atoms with Crippen LogP contribution in [0.4, 0.5) is 5.69 Å². The molecule has 6 nitrogen and oxygen atoms in total. The number of carbonyl (C=O) groups excluding carboxylic acids is 3. The lowest BCUT2D eigenvalue weighted by Gasteiger charge is -2.48. The van der Waals surface area contributed by atoms with Crippen LogP contribution in [0, 0.1) is 17.8 Å². The number of nitrogens with zero attached hydrogens (tertiary/aromatic N) is 1. The summed E-state index contributed by atoms with van der Waals surface area (Å²) in [5, 5.41) is 2.88. The summed E-state index contributed by atoms with van der Waals surface area (Å²) in [6.45, 7) is 10.3. The van der Waals surface area contributed by atoms with Gasteiger partial charge in [0.25, 0.3) is 5.91 Å². The molecule has 0 saturated carbocycles. The minimum absolute atomic E-state index is 0.0780. The molecule has 0 atom stereocenters. The Morgan fingerprint density at radius 1 is 0.897 bits per heavy atom. The molecule has 0 radical (unpaired) electrons. The highest BCUT2D eigenvalue weighted by Crippen LogP contribution is 2.54. The summed E-state index contributed by atoms with van der Waals surface area (Å²) in [4.78, 5) is 42.4. The molecule has 204 valence electrons. The molecule has 2 aromatic carbocycles.